The first kappa shape index (κ1) is 14.2. The van der Waals surface area contributed by atoms with Gasteiger partial charge in [-0.1, -0.05) is 0 Å². The quantitative estimate of drug-likeness (QED) is 0.885. The van der Waals surface area contributed by atoms with Crippen LogP contribution in [0.25, 0.3) is 5.69 Å². The first-order valence-electron chi connectivity index (χ1n) is 7.13. The number of carbonyl (C=O) groups is 2. The van der Waals surface area contributed by atoms with E-state index >= 15 is 0 Å². The SMILES string of the molecule is O=C(N[C@@H]1CC[C@H](C(=O)O)C1)c1cc(-n2cccn2)ccn1. The van der Waals surface area contributed by atoms with Gasteiger partial charge in [-0.15, -0.1) is 0 Å². The molecule has 7 nitrogen and oxygen atoms in total. The Morgan fingerprint density at radius 1 is 1.32 bits per heavy atom. The lowest BCUT2D eigenvalue weighted by atomic mass is 10.1. The molecule has 22 heavy (non-hydrogen) atoms. The number of pyridine rings is 1. The van der Waals surface area contributed by atoms with Gasteiger partial charge in [0, 0.05) is 24.6 Å². The molecule has 7 heteroatoms. The summed E-state index contributed by atoms with van der Waals surface area (Å²) in [6, 6.07) is 5.11. The van der Waals surface area contributed by atoms with Crippen LogP contribution in [0.4, 0.5) is 0 Å². The second-order valence-corrected chi connectivity index (χ2v) is 5.37. The van der Waals surface area contributed by atoms with E-state index in [1.54, 1.807) is 41.5 Å². The predicted molar refractivity (Wildman–Crippen MR) is 77.6 cm³/mol. The van der Waals surface area contributed by atoms with Crippen molar-refractivity contribution in [3.8, 4) is 5.69 Å². The van der Waals surface area contributed by atoms with E-state index in [0.717, 1.165) is 5.69 Å². The molecule has 2 aromatic heterocycles. The Morgan fingerprint density at radius 2 is 2.18 bits per heavy atom. The van der Waals surface area contributed by atoms with Crippen molar-refractivity contribution < 1.29 is 14.7 Å². The number of aliphatic carboxylic acids is 1. The zero-order valence-corrected chi connectivity index (χ0v) is 11.8. The van der Waals surface area contributed by atoms with E-state index in [2.05, 4.69) is 15.4 Å². The first-order chi connectivity index (χ1) is 10.6. The molecule has 0 aliphatic heterocycles. The van der Waals surface area contributed by atoms with Crippen LogP contribution in [0.3, 0.4) is 0 Å². The number of aromatic nitrogens is 3. The van der Waals surface area contributed by atoms with Crippen LogP contribution in [0.5, 0.6) is 0 Å². The van der Waals surface area contributed by atoms with Crippen molar-refractivity contribution in [2.75, 3.05) is 0 Å². The van der Waals surface area contributed by atoms with Gasteiger partial charge in [-0.25, -0.2) is 4.68 Å². The van der Waals surface area contributed by atoms with Crippen molar-refractivity contribution in [1.29, 1.82) is 0 Å². The molecule has 2 aromatic rings. The summed E-state index contributed by atoms with van der Waals surface area (Å²) in [5.41, 5.74) is 1.05. The number of carbonyl (C=O) groups excluding carboxylic acids is 1. The Balaban J connectivity index is 1.68. The van der Waals surface area contributed by atoms with E-state index in [-0.39, 0.29) is 17.9 Å². The summed E-state index contributed by atoms with van der Waals surface area (Å²) in [4.78, 5) is 27.3. The molecule has 2 N–H and O–H groups in total. The molecular weight excluding hydrogens is 284 g/mol. The highest BCUT2D eigenvalue weighted by Gasteiger charge is 2.30. The van der Waals surface area contributed by atoms with Crippen LogP contribution >= 0.6 is 0 Å². The summed E-state index contributed by atoms with van der Waals surface area (Å²) in [6.45, 7) is 0. The van der Waals surface area contributed by atoms with Crippen molar-refractivity contribution in [2.24, 2.45) is 5.92 Å². The molecule has 1 aliphatic rings. The van der Waals surface area contributed by atoms with Crippen LogP contribution in [0.1, 0.15) is 29.8 Å². The average molecular weight is 300 g/mol. The lowest BCUT2D eigenvalue weighted by molar-refractivity contribution is -0.141. The summed E-state index contributed by atoms with van der Waals surface area (Å²) in [6.07, 6.45) is 6.75. The minimum absolute atomic E-state index is 0.108. The number of amides is 1. The summed E-state index contributed by atoms with van der Waals surface area (Å²) in [5.74, 6) is -1.45. The van der Waals surface area contributed by atoms with Gasteiger partial charge in [-0.3, -0.25) is 14.6 Å². The minimum atomic E-state index is -0.796. The Bertz CT molecular complexity index is 684. The Kier molecular flexibility index (Phi) is 3.86. The fourth-order valence-corrected chi connectivity index (χ4v) is 2.70. The number of nitrogens with zero attached hydrogens (tertiary/aromatic N) is 3. The van der Waals surface area contributed by atoms with Crippen LogP contribution in [-0.4, -0.2) is 37.8 Å². The smallest absolute Gasteiger partial charge is 0.306 e. The molecule has 0 saturated heterocycles. The molecule has 0 aromatic carbocycles. The van der Waals surface area contributed by atoms with Crippen molar-refractivity contribution >= 4 is 11.9 Å². The standard InChI is InChI=1S/C15H16N4O3/c20-14(18-11-3-2-10(8-11)15(21)22)13-9-12(4-6-16-13)19-7-1-5-17-19/h1,4-7,9-11H,2-3,8H2,(H,18,20)(H,21,22)/t10-,11+/m0/s1. The van der Waals surface area contributed by atoms with Gasteiger partial charge in [0.1, 0.15) is 5.69 Å². The summed E-state index contributed by atoms with van der Waals surface area (Å²) >= 11 is 0. The fraction of sp³-hybridized carbons (Fsp3) is 0.333. The van der Waals surface area contributed by atoms with E-state index in [9.17, 15) is 9.59 Å². The second-order valence-electron chi connectivity index (χ2n) is 5.37. The molecular formula is C15H16N4O3. The van der Waals surface area contributed by atoms with E-state index in [0.29, 0.717) is 25.0 Å². The van der Waals surface area contributed by atoms with Crippen LogP contribution in [-0.2, 0) is 4.79 Å². The first-order valence-corrected chi connectivity index (χ1v) is 7.13. The van der Waals surface area contributed by atoms with Crippen molar-refractivity contribution in [2.45, 2.75) is 25.3 Å². The van der Waals surface area contributed by atoms with Crippen LogP contribution in [0.15, 0.2) is 36.8 Å². The predicted octanol–water partition coefficient (Wildman–Crippen LogP) is 1.25. The monoisotopic (exact) mass is 300 g/mol. The maximum atomic E-state index is 12.2. The minimum Gasteiger partial charge on any atom is -0.481 e. The molecule has 1 aliphatic carbocycles. The van der Waals surface area contributed by atoms with Gasteiger partial charge in [0.2, 0.25) is 0 Å². The van der Waals surface area contributed by atoms with E-state index in [1.165, 1.54) is 0 Å². The lowest BCUT2D eigenvalue weighted by Gasteiger charge is -2.12. The van der Waals surface area contributed by atoms with Gasteiger partial charge in [-0.2, -0.15) is 5.10 Å². The van der Waals surface area contributed by atoms with Gasteiger partial charge in [0.05, 0.1) is 11.6 Å². The highest BCUT2D eigenvalue weighted by Crippen LogP contribution is 2.25. The molecule has 3 rings (SSSR count). The normalized spacial score (nSPS) is 20.7. The van der Waals surface area contributed by atoms with Crippen molar-refractivity contribution in [3.05, 3.63) is 42.5 Å². The Morgan fingerprint density at radius 3 is 2.86 bits per heavy atom. The molecule has 114 valence electrons. The number of nitrogens with one attached hydrogen (secondary N) is 1. The van der Waals surface area contributed by atoms with Crippen LogP contribution in [0, 0.1) is 5.92 Å². The van der Waals surface area contributed by atoms with Crippen molar-refractivity contribution in [3.63, 3.8) is 0 Å². The molecule has 0 unspecified atom stereocenters. The maximum absolute atomic E-state index is 12.2. The van der Waals surface area contributed by atoms with Gasteiger partial charge in [-0.05, 0) is 37.5 Å². The summed E-state index contributed by atoms with van der Waals surface area (Å²) in [7, 11) is 0. The molecule has 0 radical (unpaired) electrons. The second kappa shape index (κ2) is 5.97. The maximum Gasteiger partial charge on any atom is 0.306 e. The molecule has 0 bridgehead atoms. The highest BCUT2D eigenvalue weighted by molar-refractivity contribution is 5.93. The lowest BCUT2D eigenvalue weighted by Crippen LogP contribution is -2.33. The fourth-order valence-electron chi connectivity index (χ4n) is 2.70. The third kappa shape index (κ3) is 2.98. The molecule has 1 amide bonds. The zero-order valence-electron chi connectivity index (χ0n) is 11.8. The largest absolute Gasteiger partial charge is 0.481 e. The van der Waals surface area contributed by atoms with E-state index in [4.69, 9.17) is 5.11 Å². The van der Waals surface area contributed by atoms with Gasteiger partial charge in [0.15, 0.2) is 0 Å². The summed E-state index contributed by atoms with van der Waals surface area (Å²) < 4.78 is 1.65. The third-order valence-electron chi connectivity index (χ3n) is 3.86. The third-order valence-corrected chi connectivity index (χ3v) is 3.86. The molecule has 1 fully saturated rings. The number of rotatable bonds is 4. The topological polar surface area (TPSA) is 97.1 Å². The van der Waals surface area contributed by atoms with Crippen molar-refractivity contribution in [1.82, 2.24) is 20.1 Å². The van der Waals surface area contributed by atoms with Gasteiger partial charge in [0.25, 0.3) is 5.91 Å². The molecule has 2 heterocycles. The van der Waals surface area contributed by atoms with Gasteiger partial charge < -0.3 is 10.4 Å². The zero-order chi connectivity index (χ0) is 15.5. The molecule has 0 spiro atoms. The number of carboxylic acid groups (broad SMARTS) is 1. The van der Waals surface area contributed by atoms with E-state index in [1.807, 2.05) is 0 Å². The van der Waals surface area contributed by atoms with Crippen LogP contribution in [0.2, 0.25) is 0 Å². The molecule has 1 saturated carbocycles. The molecule has 2 atom stereocenters. The van der Waals surface area contributed by atoms with Gasteiger partial charge >= 0.3 is 5.97 Å². The van der Waals surface area contributed by atoms with E-state index < -0.39 is 5.97 Å². The summed E-state index contributed by atoms with van der Waals surface area (Å²) in [5, 5.41) is 16.0. The Hall–Kier alpha value is -2.70. The van der Waals surface area contributed by atoms with Crippen LogP contribution < -0.4 is 5.32 Å². The Labute approximate surface area is 127 Å². The number of hydrogen-bond donors (Lipinski definition) is 2. The highest BCUT2D eigenvalue weighted by atomic mass is 16.4. The number of carboxylic acids is 1. The number of hydrogen-bond acceptors (Lipinski definition) is 4. The average Bonchev–Trinajstić information content (AvgIpc) is 3.19.